The molecule has 0 aliphatic heterocycles. The Morgan fingerprint density at radius 3 is 2.75 bits per heavy atom. The first-order chi connectivity index (χ1) is 9.56. The van der Waals surface area contributed by atoms with Crippen molar-refractivity contribution in [1.29, 1.82) is 0 Å². The molecule has 108 valence electrons. The molecule has 0 saturated heterocycles. The molecule has 0 bridgehead atoms. The van der Waals surface area contributed by atoms with Crippen LogP contribution in [0.15, 0.2) is 39.5 Å². The molecule has 1 N–H and O–H groups in total. The summed E-state index contributed by atoms with van der Waals surface area (Å²) >= 11 is 5.19. The van der Waals surface area contributed by atoms with Gasteiger partial charge in [0, 0.05) is 13.1 Å². The zero-order valence-electron chi connectivity index (χ0n) is 11.8. The van der Waals surface area contributed by atoms with E-state index in [0.717, 1.165) is 30.6 Å². The van der Waals surface area contributed by atoms with Crippen LogP contribution >= 0.6 is 27.3 Å². The van der Waals surface area contributed by atoms with Crippen molar-refractivity contribution in [2.24, 2.45) is 0 Å². The average molecular weight is 354 g/mol. The van der Waals surface area contributed by atoms with Gasteiger partial charge in [0.25, 0.3) is 0 Å². The van der Waals surface area contributed by atoms with Gasteiger partial charge in [0.2, 0.25) is 0 Å². The lowest BCUT2D eigenvalue weighted by molar-refractivity contribution is 0.147. The number of aliphatic hydroxyl groups excluding tert-OH is 1. The second-order valence-electron chi connectivity index (χ2n) is 5.16. The third kappa shape index (κ3) is 4.42. The fraction of sp³-hybridized carbons (Fsp3) is 0.375. The Hall–Kier alpha value is -0.680. The summed E-state index contributed by atoms with van der Waals surface area (Å²) in [6, 6.07) is 10.2. The Morgan fingerprint density at radius 1 is 1.35 bits per heavy atom. The predicted octanol–water partition coefficient (Wildman–Crippen LogP) is 4.37. The highest BCUT2D eigenvalue weighted by molar-refractivity contribution is 9.11. The maximum atomic E-state index is 10.3. The van der Waals surface area contributed by atoms with Crippen LogP contribution in [-0.4, -0.2) is 23.6 Å². The minimum absolute atomic E-state index is 0.382. The molecule has 0 spiro atoms. The first kappa shape index (κ1) is 15.7. The van der Waals surface area contributed by atoms with Gasteiger partial charge in [0.15, 0.2) is 0 Å². The monoisotopic (exact) mass is 353 g/mol. The first-order valence-electron chi connectivity index (χ1n) is 6.71. The molecule has 0 aliphatic carbocycles. The molecule has 0 aliphatic rings. The van der Waals surface area contributed by atoms with E-state index < -0.39 is 0 Å². The van der Waals surface area contributed by atoms with E-state index in [2.05, 4.69) is 39.3 Å². The van der Waals surface area contributed by atoms with Gasteiger partial charge in [0.1, 0.15) is 0 Å². The summed E-state index contributed by atoms with van der Waals surface area (Å²) < 4.78 is 1.17. The van der Waals surface area contributed by atoms with Crippen molar-refractivity contribution >= 4 is 27.3 Å². The summed E-state index contributed by atoms with van der Waals surface area (Å²) in [4.78, 5) is 2.25. The van der Waals surface area contributed by atoms with E-state index in [-0.39, 0.29) is 6.10 Å². The predicted molar refractivity (Wildman–Crippen MR) is 89.1 cm³/mol. The molecule has 1 aromatic carbocycles. The van der Waals surface area contributed by atoms with Gasteiger partial charge in [-0.05, 0) is 64.5 Å². The fourth-order valence-corrected chi connectivity index (χ4v) is 3.48. The normalized spacial score (nSPS) is 12.8. The summed E-state index contributed by atoms with van der Waals surface area (Å²) in [6.07, 6.45) is 0.375. The van der Waals surface area contributed by atoms with Gasteiger partial charge in [0.05, 0.1) is 9.89 Å². The SMILES string of the molecule is Cc1ccccc1C(O)CCN(C)Cc1csc(Br)c1. The van der Waals surface area contributed by atoms with Gasteiger partial charge in [-0.2, -0.15) is 0 Å². The molecule has 0 radical (unpaired) electrons. The molecule has 1 unspecified atom stereocenters. The Balaban J connectivity index is 1.84. The Bertz CT molecular complexity index is 555. The molecule has 0 amide bonds. The lowest BCUT2D eigenvalue weighted by atomic mass is 10.0. The lowest BCUT2D eigenvalue weighted by Crippen LogP contribution is -2.20. The van der Waals surface area contributed by atoms with Crippen molar-refractivity contribution in [2.45, 2.75) is 26.0 Å². The quantitative estimate of drug-likeness (QED) is 0.833. The second kappa shape index (κ2) is 7.36. The fourth-order valence-electron chi connectivity index (χ4n) is 2.28. The molecule has 2 aromatic rings. The van der Waals surface area contributed by atoms with Crippen molar-refractivity contribution in [2.75, 3.05) is 13.6 Å². The van der Waals surface area contributed by atoms with Gasteiger partial charge in [-0.25, -0.2) is 0 Å². The van der Waals surface area contributed by atoms with E-state index in [1.165, 1.54) is 9.35 Å². The smallest absolute Gasteiger partial charge is 0.0804 e. The topological polar surface area (TPSA) is 23.5 Å². The summed E-state index contributed by atoms with van der Waals surface area (Å²) in [5, 5.41) is 12.5. The minimum Gasteiger partial charge on any atom is -0.388 e. The van der Waals surface area contributed by atoms with Gasteiger partial charge in [-0.15, -0.1) is 11.3 Å². The lowest BCUT2D eigenvalue weighted by Gasteiger charge is -2.19. The third-order valence-corrected chi connectivity index (χ3v) is 4.96. The number of hydrogen-bond donors (Lipinski definition) is 1. The highest BCUT2D eigenvalue weighted by Gasteiger charge is 2.11. The molecule has 1 heterocycles. The number of thiophene rings is 1. The Morgan fingerprint density at radius 2 is 2.10 bits per heavy atom. The molecule has 2 rings (SSSR count). The maximum Gasteiger partial charge on any atom is 0.0804 e. The molecule has 4 heteroatoms. The highest BCUT2D eigenvalue weighted by Crippen LogP contribution is 2.23. The highest BCUT2D eigenvalue weighted by atomic mass is 79.9. The average Bonchev–Trinajstić information content (AvgIpc) is 2.82. The van der Waals surface area contributed by atoms with Crippen LogP contribution in [0.2, 0.25) is 0 Å². The van der Waals surface area contributed by atoms with Crippen LogP contribution in [-0.2, 0) is 6.54 Å². The van der Waals surface area contributed by atoms with Crippen molar-refractivity contribution in [3.8, 4) is 0 Å². The van der Waals surface area contributed by atoms with Crippen LogP contribution in [0.25, 0.3) is 0 Å². The molecular formula is C16H20BrNOS. The standard InChI is InChI=1S/C16H20BrNOS/c1-12-5-3-4-6-14(12)15(19)7-8-18(2)10-13-9-16(17)20-11-13/h3-6,9,11,15,19H,7-8,10H2,1-2H3. The van der Waals surface area contributed by atoms with E-state index in [4.69, 9.17) is 0 Å². The van der Waals surface area contributed by atoms with Crippen LogP contribution in [0.5, 0.6) is 0 Å². The summed E-state index contributed by atoms with van der Waals surface area (Å²) in [5.41, 5.74) is 3.51. The van der Waals surface area contributed by atoms with E-state index in [0.29, 0.717) is 0 Å². The third-order valence-electron chi connectivity index (χ3n) is 3.41. The van der Waals surface area contributed by atoms with E-state index in [9.17, 15) is 5.11 Å². The van der Waals surface area contributed by atoms with E-state index in [1.54, 1.807) is 11.3 Å². The first-order valence-corrected chi connectivity index (χ1v) is 8.38. The van der Waals surface area contributed by atoms with Crippen molar-refractivity contribution in [3.63, 3.8) is 0 Å². The van der Waals surface area contributed by atoms with Crippen LogP contribution in [0.3, 0.4) is 0 Å². The molecule has 20 heavy (non-hydrogen) atoms. The minimum atomic E-state index is -0.382. The summed E-state index contributed by atoms with van der Waals surface area (Å²) in [5.74, 6) is 0. The second-order valence-corrected chi connectivity index (χ2v) is 7.45. The Labute approximate surface area is 133 Å². The number of aliphatic hydroxyl groups is 1. The van der Waals surface area contributed by atoms with Gasteiger partial charge < -0.3 is 10.0 Å². The van der Waals surface area contributed by atoms with Gasteiger partial charge in [-0.1, -0.05) is 24.3 Å². The number of rotatable bonds is 6. The van der Waals surface area contributed by atoms with Crippen LogP contribution in [0, 0.1) is 6.92 Å². The van der Waals surface area contributed by atoms with Gasteiger partial charge in [-0.3, -0.25) is 0 Å². The zero-order chi connectivity index (χ0) is 14.5. The van der Waals surface area contributed by atoms with E-state index in [1.807, 2.05) is 31.2 Å². The number of hydrogen-bond acceptors (Lipinski definition) is 3. The van der Waals surface area contributed by atoms with Crippen LogP contribution < -0.4 is 0 Å². The zero-order valence-corrected chi connectivity index (χ0v) is 14.2. The molecule has 0 fully saturated rings. The Kier molecular flexibility index (Phi) is 5.78. The molecular weight excluding hydrogens is 334 g/mol. The van der Waals surface area contributed by atoms with Crippen molar-refractivity contribution in [3.05, 3.63) is 56.2 Å². The van der Waals surface area contributed by atoms with E-state index >= 15 is 0 Å². The van der Waals surface area contributed by atoms with Crippen LogP contribution in [0.1, 0.15) is 29.2 Å². The number of halogens is 1. The molecule has 1 aromatic heterocycles. The van der Waals surface area contributed by atoms with Crippen LogP contribution in [0.4, 0.5) is 0 Å². The molecule has 2 nitrogen and oxygen atoms in total. The number of nitrogens with zero attached hydrogens (tertiary/aromatic N) is 1. The number of benzene rings is 1. The molecule has 1 atom stereocenters. The molecule has 0 saturated carbocycles. The van der Waals surface area contributed by atoms with Gasteiger partial charge >= 0.3 is 0 Å². The summed E-state index contributed by atoms with van der Waals surface area (Å²) in [6.45, 7) is 3.84. The number of aryl methyl sites for hydroxylation is 1. The maximum absolute atomic E-state index is 10.3. The van der Waals surface area contributed by atoms with Crippen molar-refractivity contribution in [1.82, 2.24) is 4.90 Å². The summed E-state index contributed by atoms with van der Waals surface area (Å²) in [7, 11) is 2.09. The largest absolute Gasteiger partial charge is 0.388 e. The van der Waals surface area contributed by atoms with Crippen molar-refractivity contribution < 1.29 is 5.11 Å².